The van der Waals surface area contributed by atoms with Crippen molar-refractivity contribution in [3.05, 3.63) is 198 Å². The first kappa shape index (κ1) is 45.7. The van der Waals surface area contributed by atoms with E-state index >= 15 is 0 Å². The fourth-order valence-corrected chi connectivity index (χ4v) is 9.68. The Balaban J connectivity index is 0.000000147. The van der Waals surface area contributed by atoms with Gasteiger partial charge in [-0.05, 0) is 82.0 Å². The maximum atomic E-state index is 6.27. The van der Waals surface area contributed by atoms with Crippen molar-refractivity contribution >= 4 is 39.1 Å². The molecule has 0 saturated carbocycles. The first-order valence-corrected chi connectivity index (χ1v) is 23.8. The van der Waals surface area contributed by atoms with Gasteiger partial charge in [0.25, 0.3) is 0 Å². The summed E-state index contributed by atoms with van der Waals surface area (Å²) < 4.78 is 0. The number of nitrogens with zero attached hydrogens (tertiary/aromatic N) is 5. The second-order valence-electron chi connectivity index (χ2n) is 17.4. The molecule has 2 atom stereocenters. The van der Waals surface area contributed by atoms with Crippen LogP contribution in [0.4, 0.5) is 5.69 Å². The van der Waals surface area contributed by atoms with Crippen LogP contribution >= 0.6 is 11.6 Å². The summed E-state index contributed by atoms with van der Waals surface area (Å²) >= 11 is 6.27. The van der Waals surface area contributed by atoms with Crippen molar-refractivity contribution in [2.24, 2.45) is 0 Å². The summed E-state index contributed by atoms with van der Waals surface area (Å²) in [5.41, 5.74) is 10.3. The molecule has 65 heavy (non-hydrogen) atoms. The summed E-state index contributed by atoms with van der Waals surface area (Å²) in [6, 6.07) is 65.2. The van der Waals surface area contributed by atoms with E-state index in [-0.39, 0.29) is 0 Å². The van der Waals surface area contributed by atoms with Crippen molar-refractivity contribution in [3.8, 4) is 22.5 Å². The average molecular weight is 880 g/mol. The first-order chi connectivity index (χ1) is 31.9. The molecule has 0 aliphatic carbocycles. The molecule has 2 saturated heterocycles. The van der Waals surface area contributed by atoms with Crippen LogP contribution in [0.3, 0.4) is 0 Å². The van der Waals surface area contributed by atoms with Gasteiger partial charge in [-0.25, -0.2) is 9.97 Å². The molecule has 4 heterocycles. The van der Waals surface area contributed by atoms with Crippen LogP contribution in [0, 0.1) is 0 Å². The Labute approximate surface area is 391 Å². The lowest BCUT2D eigenvalue weighted by atomic mass is 9.98. The van der Waals surface area contributed by atoms with Gasteiger partial charge in [0.1, 0.15) is 0 Å². The highest BCUT2D eigenvalue weighted by Gasteiger charge is 2.27. The highest BCUT2D eigenvalue weighted by Crippen LogP contribution is 2.34. The standard InChI is InChI=1S/C29H31N3.C15H10ClN.C14H22N2/c1-22(23-11-5-3-6-12-23)32-19-17-25(18-20-32)31(2)29-21-28(24-13-7-4-8-14-24)30-27-16-10-9-15-26(27)29;16-13-10-15(11-6-2-1-3-7-11)17-14-9-5-4-8-12(13)14;1-12(13-6-4-3-5-7-13)16-10-8-14(15-2)9-11-16/h3-16,21-22,25H,17-20H2,1-2H3;1-10H;3-7,12,14-15H,8-11H2,1-2H3. The van der Waals surface area contributed by atoms with Gasteiger partial charge in [-0.2, -0.15) is 0 Å². The van der Waals surface area contributed by atoms with Crippen molar-refractivity contribution in [3.63, 3.8) is 0 Å². The number of pyridine rings is 2. The summed E-state index contributed by atoms with van der Waals surface area (Å²) in [4.78, 5) is 17.3. The molecule has 0 amide bonds. The molecule has 7 heteroatoms. The largest absolute Gasteiger partial charge is 0.371 e. The predicted octanol–water partition coefficient (Wildman–Crippen LogP) is 13.6. The smallest absolute Gasteiger partial charge is 0.0730 e. The zero-order chi connectivity index (χ0) is 45.0. The number of para-hydroxylation sites is 2. The topological polar surface area (TPSA) is 47.5 Å². The van der Waals surface area contributed by atoms with Crippen molar-refractivity contribution in [2.75, 3.05) is 45.2 Å². The normalized spacial score (nSPS) is 15.9. The van der Waals surface area contributed by atoms with Gasteiger partial charge in [-0.15, -0.1) is 0 Å². The van der Waals surface area contributed by atoms with Gasteiger partial charge < -0.3 is 10.2 Å². The lowest BCUT2D eigenvalue weighted by molar-refractivity contribution is 0.155. The molecule has 0 radical (unpaired) electrons. The summed E-state index contributed by atoms with van der Waals surface area (Å²) in [7, 11) is 4.33. The molecular weight excluding hydrogens is 816 g/mol. The van der Waals surface area contributed by atoms with E-state index in [4.69, 9.17) is 16.6 Å². The van der Waals surface area contributed by atoms with E-state index in [1.165, 1.54) is 66.5 Å². The molecule has 2 unspecified atom stereocenters. The molecule has 2 fully saturated rings. The Kier molecular flexibility index (Phi) is 15.7. The molecule has 8 aromatic rings. The molecule has 6 nitrogen and oxygen atoms in total. The van der Waals surface area contributed by atoms with Gasteiger partial charge in [-0.3, -0.25) is 9.80 Å². The van der Waals surface area contributed by atoms with Crippen molar-refractivity contribution in [1.82, 2.24) is 25.1 Å². The molecule has 2 aliphatic heterocycles. The third-order valence-corrected chi connectivity index (χ3v) is 13.8. The number of benzene rings is 6. The highest BCUT2D eigenvalue weighted by atomic mass is 35.5. The van der Waals surface area contributed by atoms with Crippen LogP contribution in [0.25, 0.3) is 44.3 Å². The van der Waals surface area contributed by atoms with Crippen molar-refractivity contribution < 1.29 is 0 Å². The Morgan fingerprint density at radius 2 is 0.923 bits per heavy atom. The van der Waals surface area contributed by atoms with E-state index in [2.05, 4.69) is 174 Å². The minimum atomic E-state index is 0.467. The third kappa shape index (κ3) is 11.5. The number of likely N-dealkylation sites (tertiary alicyclic amines) is 2. The highest BCUT2D eigenvalue weighted by molar-refractivity contribution is 6.35. The number of aromatic nitrogens is 2. The van der Waals surface area contributed by atoms with Gasteiger partial charge in [-0.1, -0.05) is 169 Å². The summed E-state index contributed by atoms with van der Waals surface area (Å²) in [6.07, 6.45) is 4.89. The van der Waals surface area contributed by atoms with Crippen LogP contribution in [0.2, 0.25) is 5.02 Å². The van der Waals surface area contributed by atoms with Crippen molar-refractivity contribution in [2.45, 2.75) is 63.7 Å². The quantitative estimate of drug-likeness (QED) is 0.156. The van der Waals surface area contributed by atoms with E-state index < -0.39 is 0 Å². The number of piperidine rings is 2. The fraction of sp³-hybridized carbons (Fsp3) is 0.276. The monoisotopic (exact) mass is 878 g/mol. The van der Waals surface area contributed by atoms with Crippen LogP contribution in [-0.2, 0) is 0 Å². The van der Waals surface area contributed by atoms with Gasteiger partial charge in [0, 0.05) is 85.0 Å². The summed E-state index contributed by atoms with van der Waals surface area (Å²) in [5.74, 6) is 0. The number of hydrogen-bond donors (Lipinski definition) is 1. The Morgan fingerprint density at radius 1 is 0.523 bits per heavy atom. The molecule has 1 N–H and O–H groups in total. The van der Waals surface area contributed by atoms with E-state index in [9.17, 15) is 0 Å². The lowest BCUT2D eigenvalue weighted by Crippen LogP contribution is -2.44. The number of nitrogens with one attached hydrogen (secondary N) is 1. The number of hydrogen-bond acceptors (Lipinski definition) is 6. The molecule has 0 bridgehead atoms. The van der Waals surface area contributed by atoms with Crippen LogP contribution < -0.4 is 10.2 Å². The van der Waals surface area contributed by atoms with E-state index in [0.29, 0.717) is 18.1 Å². The summed E-state index contributed by atoms with van der Waals surface area (Å²) in [6.45, 7) is 9.32. The molecule has 2 aromatic heterocycles. The predicted molar refractivity (Wildman–Crippen MR) is 276 cm³/mol. The molecule has 332 valence electrons. The van der Waals surface area contributed by atoms with Gasteiger partial charge >= 0.3 is 0 Å². The molecular formula is C58H63ClN6. The SMILES string of the molecule is CC(c1ccccc1)N1CCC(N(C)c2cc(-c3ccccc3)nc3ccccc23)CC1.CNC1CCN(C(C)c2ccccc2)CC1.Clc1cc(-c2ccccc2)nc2ccccc12. The number of rotatable bonds is 9. The third-order valence-electron chi connectivity index (χ3n) is 13.5. The second kappa shape index (κ2) is 22.3. The fourth-order valence-electron chi connectivity index (χ4n) is 9.41. The maximum Gasteiger partial charge on any atom is 0.0730 e. The van der Waals surface area contributed by atoms with Crippen LogP contribution in [0.5, 0.6) is 0 Å². The van der Waals surface area contributed by atoms with E-state index in [0.717, 1.165) is 57.5 Å². The Bertz CT molecular complexity index is 2680. The Morgan fingerprint density at radius 3 is 1.42 bits per heavy atom. The Hall–Kier alpha value is -5.89. The maximum absolute atomic E-state index is 6.27. The van der Waals surface area contributed by atoms with Gasteiger partial charge in [0.15, 0.2) is 0 Å². The van der Waals surface area contributed by atoms with Crippen molar-refractivity contribution in [1.29, 1.82) is 0 Å². The molecule has 2 aliphatic rings. The van der Waals surface area contributed by atoms with Crippen LogP contribution in [0.15, 0.2) is 182 Å². The minimum Gasteiger partial charge on any atom is -0.371 e. The van der Waals surface area contributed by atoms with Crippen LogP contribution in [-0.4, -0.2) is 72.1 Å². The van der Waals surface area contributed by atoms with Gasteiger partial charge in [0.2, 0.25) is 0 Å². The number of fused-ring (bicyclic) bond motifs is 2. The second-order valence-corrected chi connectivity index (χ2v) is 17.8. The zero-order valence-corrected chi connectivity index (χ0v) is 39.2. The average Bonchev–Trinajstić information content (AvgIpc) is 3.39. The first-order valence-electron chi connectivity index (χ1n) is 23.4. The number of anilines is 1. The van der Waals surface area contributed by atoms with Gasteiger partial charge in [0.05, 0.1) is 27.4 Å². The number of halogens is 1. The van der Waals surface area contributed by atoms with E-state index in [1.54, 1.807) is 0 Å². The molecule has 10 rings (SSSR count). The van der Waals surface area contributed by atoms with E-state index in [1.807, 2.05) is 60.7 Å². The molecule has 0 spiro atoms. The molecule has 6 aromatic carbocycles. The van der Waals surface area contributed by atoms with Crippen LogP contribution in [0.1, 0.15) is 62.7 Å². The zero-order valence-electron chi connectivity index (χ0n) is 38.4. The lowest BCUT2D eigenvalue weighted by Gasteiger charge is -2.40. The summed E-state index contributed by atoms with van der Waals surface area (Å²) in [5, 5.41) is 6.35. The minimum absolute atomic E-state index is 0.467.